The summed E-state index contributed by atoms with van der Waals surface area (Å²) in [5.41, 5.74) is 1.19. The summed E-state index contributed by atoms with van der Waals surface area (Å²) in [5.74, 6) is -0.886. The summed E-state index contributed by atoms with van der Waals surface area (Å²) >= 11 is 0. The largest absolute Gasteiger partial charge is 0.478 e. The number of aromatic carboxylic acids is 1. The molecule has 20 heavy (non-hydrogen) atoms. The van der Waals surface area contributed by atoms with Gasteiger partial charge in [0.1, 0.15) is 0 Å². The zero-order valence-electron chi connectivity index (χ0n) is 11.6. The molecule has 0 heterocycles. The van der Waals surface area contributed by atoms with E-state index in [9.17, 15) is 13.2 Å². The molecule has 1 rings (SSSR count). The van der Waals surface area contributed by atoms with Crippen molar-refractivity contribution in [2.75, 3.05) is 12.3 Å². The summed E-state index contributed by atoms with van der Waals surface area (Å²) in [5, 5.41) is 12.0. The van der Waals surface area contributed by atoms with E-state index in [1.54, 1.807) is 31.2 Å². The highest BCUT2D eigenvalue weighted by Gasteiger charge is 2.09. The van der Waals surface area contributed by atoms with Crippen molar-refractivity contribution >= 4 is 16.0 Å². The second-order valence-corrected chi connectivity index (χ2v) is 6.63. The Hall–Kier alpha value is -1.44. The van der Waals surface area contributed by atoms with Crippen LogP contribution >= 0.6 is 0 Å². The molecule has 1 aromatic carbocycles. The Balaban J connectivity index is 2.41. The number of hydrogen-bond acceptors (Lipinski definition) is 4. The molecule has 0 aliphatic carbocycles. The molecule has 0 spiro atoms. The van der Waals surface area contributed by atoms with Crippen molar-refractivity contribution in [1.82, 2.24) is 10.0 Å². The molecule has 0 bridgehead atoms. The molecule has 3 N–H and O–H groups in total. The van der Waals surface area contributed by atoms with E-state index in [4.69, 9.17) is 5.11 Å². The molecule has 0 saturated heterocycles. The van der Waals surface area contributed by atoms with E-state index in [2.05, 4.69) is 10.0 Å². The Morgan fingerprint density at radius 1 is 1.30 bits per heavy atom. The first-order chi connectivity index (χ1) is 9.34. The number of carboxylic acid groups (broad SMARTS) is 1. The van der Waals surface area contributed by atoms with Crippen LogP contribution in [0.25, 0.3) is 0 Å². The fraction of sp³-hybridized carbons (Fsp3) is 0.462. The first-order valence-electron chi connectivity index (χ1n) is 6.37. The van der Waals surface area contributed by atoms with Crippen LogP contribution in [0, 0.1) is 0 Å². The first kappa shape index (κ1) is 16.6. The molecular formula is C13H20N2O4S. The smallest absolute Gasteiger partial charge is 0.335 e. The molecule has 6 nitrogen and oxygen atoms in total. The third-order valence-corrected chi connectivity index (χ3v) is 4.21. The molecule has 1 aromatic rings. The summed E-state index contributed by atoms with van der Waals surface area (Å²) in [6.45, 7) is 4.34. The predicted molar refractivity (Wildman–Crippen MR) is 77.2 cm³/mol. The van der Waals surface area contributed by atoms with Gasteiger partial charge in [0.25, 0.3) is 0 Å². The van der Waals surface area contributed by atoms with E-state index in [0.29, 0.717) is 13.1 Å². The third kappa shape index (κ3) is 5.68. The maximum absolute atomic E-state index is 11.3. The second kappa shape index (κ2) is 7.37. The molecule has 0 aliphatic heterocycles. The SMILES string of the molecule is CCS(=O)(=O)NC[C@H](C)NCc1ccc(C(=O)O)cc1. The molecule has 0 saturated carbocycles. The van der Waals surface area contributed by atoms with Gasteiger partial charge in [-0.3, -0.25) is 0 Å². The van der Waals surface area contributed by atoms with Gasteiger partial charge in [-0.15, -0.1) is 0 Å². The minimum atomic E-state index is -3.17. The number of sulfonamides is 1. The molecule has 112 valence electrons. The van der Waals surface area contributed by atoms with Crippen LogP contribution in [0.3, 0.4) is 0 Å². The fourth-order valence-corrected chi connectivity index (χ4v) is 2.19. The van der Waals surface area contributed by atoms with Gasteiger partial charge in [0.05, 0.1) is 11.3 Å². The van der Waals surface area contributed by atoms with Crippen LogP contribution in [0.5, 0.6) is 0 Å². The van der Waals surface area contributed by atoms with Crippen molar-refractivity contribution in [2.24, 2.45) is 0 Å². The monoisotopic (exact) mass is 300 g/mol. The Bertz CT molecular complexity index is 540. The van der Waals surface area contributed by atoms with Crippen LogP contribution in [-0.2, 0) is 16.6 Å². The minimum Gasteiger partial charge on any atom is -0.478 e. The van der Waals surface area contributed by atoms with Gasteiger partial charge in [-0.25, -0.2) is 17.9 Å². The van der Waals surface area contributed by atoms with Crippen molar-refractivity contribution in [3.63, 3.8) is 0 Å². The average Bonchev–Trinajstić information content (AvgIpc) is 2.43. The number of carboxylic acids is 1. The van der Waals surface area contributed by atoms with Gasteiger partial charge in [-0.05, 0) is 31.5 Å². The minimum absolute atomic E-state index is 0.0181. The second-order valence-electron chi connectivity index (χ2n) is 4.54. The van der Waals surface area contributed by atoms with Gasteiger partial charge >= 0.3 is 5.97 Å². The first-order valence-corrected chi connectivity index (χ1v) is 8.02. The van der Waals surface area contributed by atoms with E-state index >= 15 is 0 Å². The van der Waals surface area contributed by atoms with Gasteiger partial charge in [0, 0.05) is 19.1 Å². The number of carbonyl (C=O) groups is 1. The molecule has 0 fully saturated rings. The summed E-state index contributed by atoms with van der Waals surface area (Å²) in [4.78, 5) is 10.7. The maximum atomic E-state index is 11.3. The van der Waals surface area contributed by atoms with E-state index in [1.165, 1.54) is 0 Å². The molecule has 7 heteroatoms. The summed E-state index contributed by atoms with van der Waals surface area (Å²) in [6.07, 6.45) is 0. The highest BCUT2D eigenvalue weighted by atomic mass is 32.2. The Morgan fingerprint density at radius 2 is 1.90 bits per heavy atom. The summed E-state index contributed by atoms with van der Waals surface area (Å²) < 4.78 is 25.1. The maximum Gasteiger partial charge on any atom is 0.335 e. The van der Waals surface area contributed by atoms with Crippen LogP contribution in [-0.4, -0.2) is 37.8 Å². The molecule has 1 atom stereocenters. The van der Waals surface area contributed by atoms with E-state index in [1.807, 2.05) is 6.92 Å². The normalized spacial score (nSPS) is 13.1. The lowest BCUT2D eigenvalue weighted by molar-refractivity contribution is 0.0697. The van der Waals surface area contributed by atoms with Crippen LogP contribution in [0.4, 0.5) is 0 Å². The van der Waals surface area contributed by atoms with Crippen LogP contribution in [0.1, 0.15) is 29.8 Å². The molecule has 0 unspecified atom stereocenters. The van der Waals surface area contributed by atoms with Gasteiger partial charge < -0.3 is 10.4 Å². The number of benzene rings is 1. The Kier molecular flexibility index (Phi) is 6.12. The van der Waals surface area contributed by atoms with E-state index in [-0.39, 0.29) is 17.4 Å². The van der Waals surface area contributed by atoms with Gasteiger partial charge in [0.15, 0.2) is 0 Å². The van der Waals surface area contributed by atoms with Gasteiger partial charge in [-0.2, -0.15) is 0 Å². The van der Waals surface area contributed by atoms with Gasteiger partial charge in [0.2, 0.25) is 10.0 Å². The zero-order chi connectivity index (χ0) is 15.2. The quantitative estimate of drug-likeness (QED) is 0.660. The lowest BCUT2D eigenvalue weighted by Gasteiger charge is -2.14. The number of rotatable bonds is 8. The summed E-state index contributed by atoms with van der Waals surface area (Å²) in [7, 11) is -3.17. The van der Waals surface area contributed by atoms with Crippen LogP contribution < -0.4 is 10.0 Å². The number of nitrogens with one attached hydrogen (secondary N) is 2. The molecule has 0 amide bonds. The third-order valence-electron chi connectivity index (χ3n) is 2.85. The van der Waals surface area contributed by atoms with E-state index in [0.717, 1.165) is 5.56 Å². The lowest BCUT2D eigenvalue weighted by Crippen LogP contribution is -2.39. The molecule has 0 aliphatic rings. The van der Waals surface area contributed by atoms with Crippen molar-refractivity contribution in [2.45, 2.75) is 26.4 Å². The predicted octanol–water partition coefficient (Wildman–Crippen LogP) is 0.802. The topological polar surface area (TPSA) is 95.5 Å². The average molecular weight is 300 g/mol. The fourth-order valence-electron chi connectivity index (χ4n) is 1.48. The zero-order valence-corrected chi connectivity index (χ0v) is 12.4. The van der Waals surface area contributed by atoms with Crippen LogP contribution in [0.15, 0.2) is 24.3 Å². The lowest BCUT2D eigenvalue weighted by atomic mass is 10.1. The van der Waals surface area contributed by atoms with Crippen molar-refractivity contribution in [3.8, 4) is 0 Å². The standard InChI is InChI=1S/C13H20N2O4S/c1-3-20(18,19)15-8-10(2)14-9-11-4-6-12(7-5-11)13(16)17/h4-7,10,14-15H,3,8-9H2,1-2H3,(H,16,17)/t10-/m0/s1. The van der Waals surface area contributed by atoms with Crippen LogP contribution in [0.2, 0.25) is 0 Å². The van der Waals surface area contributed by atoms with Crippen molar-refractivity contribution < 1.29 is 18.3 Å². The molecule has 0 aromatic heterocycles. The Morgan fingerprint density at radius 3 is 2.40 bits per heavy atom. The number of hydrogen-bond donors (Lipinski definition) is 3. The van der Waals surface area contributed by atoms with E-state index < -0.39 is 16.0 Å². The Labute approximate surface area is 119 Å². The molecular weight excluding hydrogens is 280 g/mol. The molecule has 0 radical (unpaired) electrons. The van der Waals surface area contributed by atoms with Gasteiger partial charge in [-0.1, -0.05) is 12.1 Å². The van der Waals surface area contributed by atoms with Crippen molar-refractivity contribution in [3.05, 3.63) is 35.4 Å². The highest BCUT2D eigenvalue weighted by molar-refractivity contribution is 7.89. The summed E-state index contributed by atoms with van der Waals surface area (Å²) in [6, 6.07) is 6.54. The highest BCUT2D eigenvalue weighted by Crippen LogP contribution is 2.04. The van der Waals surface area contributed by atoms with Crippen molar-refractivity contribution in [1.29, 1.82) is 0 Å².